The Bertz CT molecular complexity index is 585. The first-order chi connectivity index (χ1) is 10.5. The van der Waals surface area contributed by atoms with Crippen LogP contribution in [-0.2, 0) is 16.1 Å². The maximum atomic E-state index is 13.8. The van der Waals surface area contributed by atoms with Gasteiger partial charge < -0.3 is 9.64 Å². The summed E-state index contributed by atoms with van der Waals surface area (Å²) < 4.78 is 45.8. The molecule has 2 saturated heterocycles. The highest BCUT2D eigenvalue weighted by molar-refractivity contribution is 5.76. The number of rotatable bonds is 2. The van der Waals surface area contributed by atoms with E-state index in [1.165, 1.54) is 11.0 Å². The molecule has 2 aliphatic rings. The SMILES string of the molecule is O=C1CC[C@]2(CCCO2)CCN1Cc1ccc(F)c(F)c1F. The minimum Gasteiger partial charge on any atom is -0.375 e. The zero-order chi connectivity index (χ0) is 15.7. The van der Waals surface area contributed by atoms with E-state index in [9.17, 15) is 18.0 Å². The highest BCUT2D eigenvalue weighted by Crippen LogP contribution is 2.36. The van der Waals surface area contributed by atoms with E-state index >= 15 is 0 Å². The molecular formula is C16H18F3NO2. The van der Waals surface area contributed by atoms with Crippen LogP contribution in [0.1, 0.15) is 37.7 Å². The average Bonchev–Trinajstić information content (AvgIpc) is 2.92. The number of hydrogen-bond donors (Lipinski definition) is 0. The van der Waals surface area contributed by atoms with Crippen LogP contribution in [0.4, 0.5) is 13.2 Å². The van der Waals surface area contributed by atoms with Gasteiger partial charge >= 0.3 is 0 Å². The summed E-state index contributed by atoms with van der Waals surface area (Å²) in [4.78, 5) is 13.7. The summed E-state index contributed by atoms with van der Waals surface area (Å²) in [6.45, 7) is 1.11. The monoisotopic (exact) mass is 313 g/mol. The van der Waals surface area contributed by atoms with Crippen LogP contribution in [-0.4, -0.2) is 29.6 Å². The van der Waals surface area contributed by atoms with E-state index < -0.39 is 17.5 Å². The van der Waals surface area contributed by atoms with Crippen molar-refractivity contribution in [2.75, 3.05) is 13.2 Å². The van der Waals surface area contributed by atoms with E-state index in [0.29, 0.717) is 32.4 Å². The van der Waals surface area contributed by atoms with Gasteiger partial charge in [0, 0.05) is 31.7 Å². The van der Waals surface area contributed by atoms with Crippen molar-refractivity contribution in [3.8, 4) is 0 Å². The van der Waals surface area contributed by atoms with Gasteiger partial charge in [-0.15, -0.1) is 0 Å². The van der Waals surface area contributed by atoms with Gasteiger partial charge in [0.25, 0.3) is 0 Å². The van der Waals surface area contributed by atoms with Crippen molar-refractivity contribution in [2.24, 2.45) is 0 Å². The van der Waals surface area contributed by atoms with Gasteiger partial charge in [0.1, 0.15) is 0 Å². The Morgan fingerprint density at radius 1 is 1.14 bits per heavy atom. The minimum absolute atomic E-state index is 0.00413. The Labute approximate surface area is 127 Å². The van der Waals surface area contributed by atoms with Crippen molar-refractivity contribution < 1.29 is 22.7 Å². The van der Waals surface area contributed by atoms with Gasteiger partial charge in [-0.05, 0) is 31.7 Å². The third-order valence-electron chi connectivity index (χ3n) is 4.65. The summed E-state index contributed by atoms with van der Waals surface area (Å²) in [5.74, 6) is -4.03. The number of nitrogens with zero attached hydrogens (tertiary/aromatic N) is 1. The Balaban J connectivity index is 1.75. The van der Waals surface area contributed by atoms with Crippen LogP contribution in [0.5, 0.6) is 0 Å². The number of hydrogen-bond acceptors (Lipinski definition) is 2. The second-order valence-corrected chi connectivity index (χ2v) is 6.03. The third kappa shape index (κ3) is 2.84. The molecule has 0 aromatic heterocycles. The number of benzene rings is 1. The average molecular weight is 313 g/mol. The lowest BCUT2D eigenvalue weighted by molar-refractivity contribution is -0.131. The van der Waals surface area contributed by atoms with E-state index in [-0.39, 0.29) is 23.6 Å². The molecule has 0 N–H and O–H groups in total. The van der Waals surface area contributed by atoms with Crippen LogP contribution >= 0.6 is 0 Å². The van der Waals surface area contributed by atoms with Gasteiger partial charge in [0.2, 0.25) is 5.91 Å². The predicted molar refractivity (Wildman–Crippen MR) is 73.5 cm³/mol. The molecular weight excluding hydrogens is 295 g/mol. The van der Waals surface area contributed by atoms with Crippen molar-refractivity contribution in [3.63, 3.8) is 0 Å². The molecule has 6 heteroatoms. The van der Waals surface area contributed by atoms with Crippen LogP contribution in [0, 0.1) is 17.5 Å². The largest absolute Gasteiger partial charge is 0.375 e. The minimum atomic E-state index is -1.49. The summed E-state index contributed by atoms with van der Waals surface area (Å²) in [6.07, 6.45) is 3.64. The Kier molecular flexibility index (Phi) is 4.12. The fourth-order valence-corrected chi connectivity index (χ4v) is 3.29. The second-order valence-electron chi connectivity index (χ2n) is 6.03. The lowest BCUT2D eigenvalue weighted by atomic mass is 9.92. The molecule has 0 bridgehead atoms. The fourth-order valence-electron chi connectivity index (χ4n) is 3.29. The summed E-state index contributed by atoms with van der Waals surface area (Å²) in [7, 11) is 0. The van der Waals surface area contributed by atoms with E-state index in [1.807, 2.05) is 0 Å². The topological polar surface area (TPSA) is 29.5 Å². The van der Waals surface area contributed by atoms with Crippen molar-refractivity contribution >= 4 is 5.91 Å². The molecule has 2 heterocycles. The summed E-state index contributed by atoms with van der Waals surface area (Å²) in [5.41, 5.74) is -0.243. The summed E-state index contributed by atoms with van der Waals surface area (Å²) in [6, 6.07) is 2.07. The number of likely N-dealkylation sites (tertiary alicyclic amines) is 1. The first-order valence-electron chi connectivity index (χ1n) is 7.55. The smallest absolute Gasteiger partial charge is 0.222 e. The Morgan fingerprint density at radius 3 is 2.68 bits per heavy atom. The van der Waals surface area contributed by atoms with Gasteiger partial charge in [-0.2, -0.15) is 0 Å². The van der Waals surface area contributed by atoms with E-state index in [1.54, 1.807) is 0 Å². The van der Waals surface area contributed by atoms with Crippen molar-refractivity contribution in [3.05, 3.63) is 35.1 Å². The van der Waals surface area contributed by atoms with Gasteiger partial charge in [0.15, 0.2) is 17.5 Å². The number of ether oxygens (including phenoxy) is 1. The van der Waals surface area contributed by atoms with E-state index in [2.05, 4.69) is 0 Å². The molecule has 1 spiro atoms. The van der Waals surface area contributed by atoms with E-state index in [0.717, 1.165) is 18.9 Å². The normalized spacial score (nSPS) is 25.8. The highest BCUT2D eigenvalue weighted by Gasteiger charge is 2.38. The molecule has 22 heavy (non-hydrogen) atoms. The number of halogens is 3. The maximum Gasteiger partial charge on any atom is 0.222 e. The van der Waals surface area contributed by atoms with Crippen molar-refractivity contribution in [2.45, 2.75) is 44.2 Å². The van der Waals surface area contributed by atoms with Crippen molar-refractivity contribution in [1.82, 2.24) is 4.90 Å². The molecule has 3 nitrogen and oxygen atoms in total. The van der Waals surface area contributed by atoms with Gasteiger partial charge in [0.05, 0.1) is 5.60 Å². The molecule has 1 amide bonds. The van der Waals surface area contributed by atoms with Crippen LogP contribution < -0.4 is 0 Å². The first kappa shape index (κ1) is 15.3. The number of amides is 1. The second kappa shape index (κ2) is 5.91. The molecule has 120 valence electrons. The molecule has 3 rings (SSSR count). The van der Waals surface area contributed by atoms with Crippen LogP contribution in [0.15, 0.2) is 12.1 Å². The molecule has 1 atom stereocenters. The van der Waals surface area contributed by atoms with E-state index in [4.69, 9.17) is 4.74 Å². The number of carbonyl (C=O) groups excluding carboxylic acids is 1. The molecule has 0 aliphatic carbocycles. The maximum absolute atomic E-state index is 13.8. The van der Waals surface area contributed by atoms with Crippen LogP contribution in [0.2, 0.25) is 0 Å². The van der Waals surface area contributed by atoms with Crippen LogP contribution in [0.25, 0.3) is 0 Å². The molecule has 2 aliphatic heterocycles. The molecule has 2 fully saturated rings. The lowest BCUT2D eigenvalue weighted by Gasteiger charge is -2.26. The van der Waals surface area contributed by atoms with Gasteiger partial charge in [-0.1, -0.05) is 6.07 Å². The zero-order valence-electron chi connectivity index (χ0n) is 12.2. The van der Waals surface area contributed by atoms with Gasteiger partial charge in [-0.25, -0.2) is 13.2 Å². The lowest BCUT2D eigenvalue weighted by Crippen LogP contribution is -2.32. The molecule has 0 radical (unpaired) electrons. The summed E-state index contributed by atoms with van der Waals surface area (Å²) >= 11 is 0. The Morgan fingerprint density at radius 2 is 1.95 bits per heavy atom. The van der Waals surface area contributed by atoms with Crippen LogP contribution in [0.3, 0.4) is 0 Å². The quantitative estimate of drug-likeness (QED) is 0.785. The fraction of sp³-hybridized carbons (Fsp3) is 0.562. The molecule has 1 aromatic rings. The molecule has 0 saturated carbocycles. The zero-order valence-corrected chi connectivity index (χ0v) is 12.2. The highest BCUT2D eigenvalue weighted by atomic mass is 19.2. The summed E-state index contributed by atoms with van der Waals surface area (Å²) in [5, 5.41) is 0. The standard InChI is InChI=1S/C16H18F3NO2/c17-12-3-2-11(14(18)15(12)19)10-20-8-7-16(5-1-9-22-16)6-4-13(20)21/h2-3H,1,4-10H2/t16-/m1/s1. The molecule has 1 aromatic carbocycles. The van der Waals surface area contributed by atoms with Gasteiger partial charge in [-0.3, -0.25) is 4.79 Å². The third-order valence-corrected chi connectivity index (χ3v) is 4.65. The predicted octanol–water partition coefficient (Wildman–Crippen LogP) is 3.17. The molecule has 0 unspecified atom stereocenters. The number of carbonyl (C=O) groups is 1. The first-order valence-corrected chi connectivity index (χ1v) is 7.55. The Hall–Kier alpha value is -1.56. The van der Waals surface area contributed by atoms with Crippen molar-refractivity contribution in [1.29, 1.82) is 0 Å².